The van der Waals surface area contributed by atoms with Gasteiger partial charge in [-0.15, -0.1) is 0 Å². The number of hydrogen-bond donors (Lipinski definition) is 3. The number of Topliss-reactive ketones (excluding diaryl/α,β-unsaturated/α-hetero) is 4. The molecule has 192 valence electrons. The Morgan fingerprint density at radius 1 is 1.14 bits per heavy atom. The minimum absolute atomic E-state index is 0.0921. The van der Waals surface area contributed by atoms with Crippen molar-refractivity contribution in [3.63, 3.8) is 0 Å². The van der Waals surface area contributed by atoms with Gasteiger partial charge in [0.25, 0.3) is 0 Å². The van der Waals surface area contributed by atoms with E-state index in [0.717, 1.165) is 0 Å². The Hall–Kier alpha value is -3.44. The number of ether oxygens (including phenoxy) is 1. The number of aromatic hydroxyl groups is 1. The molecule has 0 aliphatic heterocycles. The lowest BCUT2D eigenvalue weighted by Crippen LogP contribution is -2.78. The number of likely N-dealkylation sites (N-methyl/N-ethyl adjacent to an activating group) is 1. The minimum Gasteiger partial charge on any atom is -0.507 e. The van der Waals surface area contributed by atoms with Gasteiger partial charge in [0.1, 0.15) is 11.9 Å². The molecule has 0 aromatic heterocycles. The van der Waals surface area contributed by atoms with Gasteiger partial charge in [0.2, 0.25) is 5.91 Å². The number of rotatable bonds is 4. The Morgan fingerprint density at radius 3 is 2.33 bits per heavy atom. The van der Waals surface area contributed by atoms with Gasteiger partial charge in [-0.1, -0.05) is 26.0 Å². The molecule has 3 aliphatic carbocycles. The van der Waals surface area contributed by atoms with Crippen molar-refractivity contribution in [1.29, 1.82) is 0 Å². The fraction of sp³-hybridized carbons (Fsp3) is 0.520. The van der Waals surface area contributed by atoms with Crippen molar-refractivity contribution in [2.24, 2.45) is 29.4 Å². The smallest absolute Gasteiger partial charge is 0.305 e. The molecule has 1 aromatic carbocycles. The number of ketones is 4. The standard InChI is InChI=1S/C25H28N2O9/c1-5-12(29)36-21-13-9(2)10-7-6-8-11(28)14(10)19(30)15(13)22(32)25(35)17(21)18(27(3)4)20(31)16(23(25)33)24(26)34/h6-9,13,15-18,21,28,35H,5H2,1-4H3,(H2,26,34). The van der Waals surface area contributed by atoms with Gasteiger partial charge >= 0.3 is 5.97 Å². The molecule has 0 heterocycles. The van der Waals surface area contributed by atoms with Crippen LogP contribution < -0.4 is 5.73 Å². The Morgan fingerprint density at radius 2 is 1.78 bits per heavy atom. The molecule has 11 heteroatoms. The van der Waals surface area contributed by atoms with E-state index in [9.17, 15) is 39.0 Å². The lowest BCUT2D eigenvalue weighted by atomic mass is 9.49. The van der Waals surface area contributed by atoms with Crippen molar-refractivity contribution in [1.82, 2.24) is 4.90 Å². The molecule has 2 fully saturated rings. The molecule has 4 rings (SSSR count). The summed E-state index contributed by atoms with van der Waals surface area (Å²) in [6.07, 6.45) is -1.51. The molecule has 11 nitrogen and oxygen atoms in total. The summed E-state index contributed by atoms with van der Waals surface area (Å²) in [5.74, 6) is -14.0. The maximum absolute atomic E-state index is 14.0. The van der Waals surface area contributed by atoms with E-state index in [1.54, 1.807) is 13.0 Å². The zero-order valence-electron chi connectivity index (χ0n) is 20.3. The normalized spacial score (nSPS) is 35.7. The number of nitrogens with zero attached hydrogens (tertiary/aromatic N) is 1. The van der Waals surface area contributed by atoms with Crippen molar-refractivity contribution in [3.8, 4) is 5.75 Å². The quantitative estimate of drug-likeness (QED) is 0.355. The summed E-state index contributed by atoms with van der Waals surface area (Å²) in [7, 11) is 2.91. The van der Waals surface area contributed by atoms with Crippen molar-refractivity contribution >= 4 is 35.0 Å². The number of carbonyl (C=O) groups excluding carboxylic acids is 6. The van der Waals surface area contributed by atoms with Crippen LogP contribution in [0.4, 0.5) is 0 Å². The second-order valence-corrected chi connectivity index (χ2v) is 9.92. The summed E-state index contributed by atoms with van der Waals surface area (Å²) in [4.78, 5) is 80.4. The second-order valence-electron chi connectivity index (χ2n) is 9.92. The number of carbonyl (C=O) groups is 6. The first kappa shape index (κ1) is 25.6. The van der Waals surface area contributed by atoms with Crippen LogP contribution in [0.5, 0.6) is 5.75 Å². The monoisotopic (exact) mass is 500 g/mol. The first-order valence-corrected chi connectivity index (χ1v) is 11.7. The number of hydrogen-bond acceptors (Lipinski definition) is 10. The average molecular weight is 501 g/mol. The molecule has 1 amide bonds. The highest BCUT2D eigenvalue weighted by Gasteiger charge is 2.74. The average Bonchev–Trinajstić information content (AvgIpc) is 2.80. The topological polar surface area (TPSA) is 181 Å². The number of nitrogens with two attached hydrogens (primary N) is 1. The van der Waals surface area contributed by atoms with Crippen LogP contribution in [0.3, 0.4) is 0 Å². The summed E-state index contributed by atoms with van der Waals surface area (Å²) in [6.45, 7) is 3.20. The van der Waals surface area contributed by atoms with Crippen molar-refractivity contribution in [3.05, 3.63) is 29.3 Å². The zero-order valence-corrected chi connectivity index (χ0v) is 20.3. The van der Waals surface area contributed by atoms with E-state index in [1.807, 2.05) is 0 Å². The summed E-state index contributed by atoms with van der Waals surface area (Å²) in [5.41, 5.74) is 2.59. The molecule has 4 N–H and O–H groups in total. The van der Waals surface area contributed by atoms with Crippen LogP contribution in [0.15, 0.2) is 18.2 Å². The van der Waals surface area contributed by atoms with Crippen LogP contribution >= 0.6 is 0 Å². The number of aliphatic hydroxyl groups is 1. The Labute approximate surface area is 206 Å². The molecule has 0 radical (unpaired) electrons. The van der Waals surface area contributed by atoms with Crippen LogP contribution in [0, 0.1) is 23.7 Å². The Bertz CT molecular complexity index is 1210. The predicted molar refractivity (Wildman–Crippen MR) is 122 cm³/mol. The molecule has 1 aromatic rings. The molecule has 8 atom stereocenters. The lowest BCUT2D eigenvalue weighted by Gasteiger charge is -2.56. The fourth-order valence-corrected chi connectivity index (χ4v) is 6.30. The maximum Gasteiger partial charge on any atom is 0.305 e. The van der Waals surface area contributed by atoms with Crippen LogP contribution in [-0.2, 0) is 28.7 Å². The van der Waals surface area contributed by atoms with Crippen LogP contribution in [0.25, 0.3) is 0 Å². The number of esters is 1. The van der Waals surface area contributed by atoms with Gasteiger partial charge in [0.05, 0.1) is 23.4 Å². The first-order valence-electron chi connectivity index (χ1n) is 11.7. The molecule has 0 spiro atoms. The third kappa shape index (κ3) is 3.26. The molecule has 0 bridgehead atoms. The maximum atomic E-state index is 14.0. The Kier molecular flexibility index (Phi) is 6.12. The number of phenols is 1. The van der Waals surface area contributed by atoms with Gasteiger partial charge in [0.15, 0.2) is 34.7 Å². The zero-order chi connectivity index (χ0) is 26.9. The van der Waals surface area contributed by atoms with Crippen molar-refractivity contribution in [2.45, 2.75) is 43.9 Å². The van der Waals surface area contributed by atoms with Crippen LogP contribution in [0.1, 0.15) is 42.1 Å². The Balaban J connectivity index is 2.03. The highest BCUT2D eigenvalue weighted by atomic mass is 16.5. The van der Waals surface area contributed by atoms with Gasteiger partial charge in [-0.05, 0) is 31.6 Å². The third-order valence-electron chi connectivity index (χ3n) is 7.88. The molecule has 36 heavy (non-hydrogen) atoms. The number of amides is 1. The highest BCUT2D eigenvalue weighted by Crippen LogP contribution is 2.55. The molecule has 2 saturated carbocycles. The first-order chi connectivity index (χ1) is 16.8. The fourth-order valence-electron chi connectivity index (χ4n) is 6.30. The highest BCUT2D eigenvalue weighted by molar-refractivity contribution is 6.32. The van der Waals surface area contributed by atoms with Gasteiger partial charge < -0.3 is 20.7 Å². The van der Waals surface area contributed by atoms with E-state index in [0.29, 0.717) is 5.56 Å². The van der Waals surface area contributed by atoms with E-state index >= 15 is 0 Å². The number of phenolic OH excluding ortho intramolecular Hbond substituents is 1. The van der Waals surface area contributed by atoms with Gasteiger partial charge in [0, 0.05) is 12.3 Å². The van der Waals surface area contributed by atoms with Crippen LogP contribution in [0.2, 0.25) is 0 Å². The van der Waals surface area contributed by atoms with E-state index in [2.05, 4.69) is 0 Å². The van der Waals surface area contributed by atoms with E-state index in [-0.39, 0.29) is 17.7 Å². The summed E-state index contributed by atoms with van der Waals surface area (Å²) >= 11 is 0. The SMILES string of the molecule is CCC(=O)OC1C2C(C(=O)c3c(O)cccc3C2C)C(=O)C2(O)C(=O)C(C(N)=O)C(=O)C(N(C)C)C12. The minimum atomic E-state index is -3.01. The van der Waals surface area contributed by atoms with Gasteiger partial charge in [-0.3, -0.25) is 33.7 Å². The number of fused-ring (bicyclic) bond motifs is 3. The van der Waals surface area contributed by atoms with Crippen molar-refractivity contribution < 1.29 is 43.7 Å². The summed E-state index contributed by atoms with van der Waals surface area (Å²) in [6, 6.07) is 3.00. The van der Waals surface area contributed by atoms with Gasteiger partial charge in [-0.25, -0.2) is 0 Å². The predicted octanol–water partition coefficient (Wildman–Crippen LogP) is -0.640. The number of primary amides is 1. The number of benzene rings is 1. The summed E-state index contributed by atoms with van der Waals surface area (Å²) in [5, 5.41) is 22.2. The molecule has 3 aliphatic rings. The van der Waals surface area contributed by atoms with E-state index in [4.69, 9.17) is 10.5 Å². The molecule has 0 saturated heterocycles. The largest absolute Gasteiger partial charge is 0.507 e. The van der Waals surface area contributed by atoms with Crippen molar-refractivity contribution in [2.75, 3.05) is 14.1 Å². The van der Waals surface area contributed by atoms with E-state index < -0.39 is 82.3 Å². The molecule has 8 unspecified atom stereocenters. The second kappa shape index (κ2) is 8.59. The third-order valence-corrected chi connectivity index (χ3v) is 7.88. The van der Waals surface area contributed by atoms with Gasteiger partial charge in [-0.2, -0.15) is 0 Å². The lowest BCUT2D eigenvalue weighted by molar-refractivity contribution is -0.205. The molecular weight excluding hydrogens is 472 g/mol. The molecular formula is C25H28N2O9. The summed E-state index contributed by atoms with van der Waals surface area (Å²) < 4.78 is 5.72. The van der Waals surface area contributed by atoms with Crippen LogP contribution in [-0.4, -0.2) is 82.0 Å². The van der Waals surface area contributed by atoms with E-state index in [1.165, 1.54) is 38.1 Å².